The number of nitriles is 1. The van der Waals surface area contributed by atoms with E-state index in [4.69, 9.17) is 19.9 Å². The number of methoxy groups -OCH3 is 2. The van der Waals surface area contributed by atoms with Crippen LogP contribution in [0.3, 0.4) is 0 Å². The van der Waals surface area contributed by atoms with Gasteiger partial charge in [-0.3, -0.25) is 0 Å². The first-order chi connectivity index (χ1) is 15.6. The number of aromatic nitrogens is 1. The molecule has 0 amide bonds. The fourth-order valence-corrected chi connectivity index (χ4v) is 3.50. The maximum atomic E-state index is 9.68. The molecule has 0 radical (unpaired) electrons. The number of rotatable bonds is 10. The molecule has 2 aromatic carbocycles. The van der Waals surface area contributed by atoms with E-state index >= 15 is 0 Å². The Labute approximate surface area is 189 Å². The molecule has 0 aliphatic rings. The van der Waals surface area contributed by atoms with Crippen molar-refractivity contribution in [1.82, 2.24) is 4.98 Å². The van der Waals surface area contributed by atoms with E-state index in [1.54, 1.807) is 14.2 Å². The minimum absolute atomic E-state index is 0.186. The lowest BCUT2D eigenvalue weighted by atomic mass is 9.98. The van der Waals surface area contributed by atoms with Crippen molar-refractivity contribution in [2.45, 2.75) is 32.6 Å². The third-order valence-electron chi connectivity index (χ3n) is 5.27. The smallest absolute Gasteiger partial charge is 0.161 e. The number of ether oxygens (including phenoxy) is 3. The Bertz CT molecular complexity index is 1090. The van der Waals surface area contributed by atoms with Crippen molar-refractivity contribution in [3.63, 3.8) is 0 Å². The zero-order valence-corrected chi connectivity index (χ0v) is 18.9. The summed E-state index contributed by atoms with van der Waals surface area (Å²) in [5.74, 6) is 2.22. The minimum atomic E-state index is 0.186. The Morgan fingerprint density at radius 3 is 2.28 bits per heavy atom. The first kappa shape index (κ1) is 23.0. The molecule has 3 rings (SSSR count). The number of unbranched alkanes of at least 4 members (excludes halogenated alkanes) is 3. The number of pyridine rings is 1. The molecule has 1 heterocycles. The SMILES string of the molecule is CCCCCCOc1ccc(-c2cc(-c3ccc(OC)c(OC)c3)nc(N)c2C#N)cc1. The van der Waals surface area contributed by atoms with Gasteiger partial charge in [0.05, 0.1) is 26.5 Å². The van der Waals surface area contributed by atoms with Gasteiger partial charge < -0.3 is 19.9 Å². The highest BCUT2D eigenvalue weighted by Crippen LogP contribution is 2.35. The molecule has 0 aliphatic carbocycles. The quantitative estimate of drug-likeness (QED) is 0.405. The van der Waals surface area contributed by atoms with E-state index in [0.717, 1.165) is 28.9 Å². The highest BCUT2D eigenvalue weighted by atomic mass is 16.5. The van der Waals surface area contributed by atoms with Crippen LogP contribution < -0.4 is 19.9 Å². The van der Waals surface area contributed by atoms with E-state index in [-0.39, 0.29) is 5.82 Å². The minimum Gasteiger partial charge on any atom is -0.494 e. The maximum absolute atomic E-state index is 9.68. The fraction of sp³-hybridized carbons (Fsp3) is 0.308. The Kier molecular flexibility index (Phi) is 7.93. The van der Waals surface area contributed by atoms with Gasteiger partial charge in [0.1, 0.15) is 23.2 Å². The standard InChI is InChI=1S/C26H29N3O3/c1-4-5-6-7-14-32-20-11-8-18(9-12-20)21-16-23(29-26(28)22(21)17-27)19-10-13-24(30-2)25(15-19)31-3/h8-13,15-16H,4-7,14H2,1-3H3,(H2,28,29). The summed E-state index contributed by atoms with van der Waals surface area (Å²) in [5.41, 5.74) is 9.56. The number of hydrogen-bond donors (Lipinski definition) is 1. The van der Waals surface area contributed by atoms with Crippen LogP contribution in [-0.2, 0) is 0 Å². The van der Waals surface area contributed by atoms with Crippen LogP contribution in [0.1, 0.15) is 38.2 Å². The summed E-state index contributed by atoms with van der Waals surface area (Å²) >= 11 is 0. The predicted molar refractivity (Wildman–Crippen MR) is 127 cm³/mol. The average molecular weight is 432 g/mol. The summed E-state index contributed by atoms with van der Waals surface area (Å²) in [7, 11) is 3.17. The topological polar surface area (TPSA) is 90.4 Å². The van der Waals surface area contributed by atoms with E-state index in [1.165, 1.54) is 19.3 Å². The van der Waals surface area contributed by atoms with Crippen LogP contribution in [0.4, 0.5) is 5.82 Å². The second-order valence-corrected chi connectivity index (χ2v) is 7.43. The molecule has 1 aromatic heterocycles. The summed E-state index contributed by atoms with van der Waals surface area (Å²) in [6, 6.07) is 17.3. The molecule has 0 bridgehead atoms. The lowest BCUT2D eigenvalue weighted by Crippen LogP contribution is -2.00. The molecule has 6 nitrogen and oxygen atoms in total. The molecule has 0 aliphatic heterocycles. The van der Waals surface area contributed by atoms with Crippen molar-refractivity contribution in [3.8, 4) is 45.7 Å². The van der Waals surface area contributed by atoms with Gasteiger partial charge in [0, 0.05) is 11.1 Å². The molecular formula is C26H29N3O3. The van der Waals surface area contributed by atoms with Crippen molar-refractivity contribution >= 4 is 5.82 Å². The zero-order chi connectivity index (χ0) is 22.9. The van der Waals surface area contributed by atoms with Gasteiger partial charge in [0.25, 0.3) is 0 Å². The monoisotopic (exact) mass is 431 g/mol. The average Bonchev–Trinajstić information content (AvgIpc) is 2.83. The van der Waals surface area contributed by atoms with Crippen LogP contribution in [0.5, 0.6) is 17.2 Å². The summed E-state index contributed by atoms with van der Waals surface area (Å²) in [5, 5.41) is 9.68. The molecule has 0 atom stereocenters. The van der Waals surface area contributed by atoms with E-state index in [1.807, 2.05) is 48.5 Å². The third-order valence-corrected chi connectivity index (χ3v) is 5.27. The molecule has 3 aromatic rings. The number of nitrogens with two attached hydrogens (primary N) is 1. The Hall–Kier alpha value is -3.72. The van der Waals surface area contributed by atoms with Gasteiger partial charge in [-0.25, -0.2) is 4.98 Å². The fourth-order valence-electron chi connectivity index (χ4n) is 3.50. The van der Waals surface area contributed by atoms with Gasteiger partial charge in [-0.15, -0.1) is 0 Å². The number of nitrogen functional groups attached to an aromatic ring is 1. The van der Waals surface area contributed by atoms with Crippen molar-refractivity contribution in [2.24, 2.45) is 0 Å². The summed E-state index contributed by atoms with van der Waals surface area (Å²) in [4.78, 5) is 4.45. The first-order valence-corrected chi connectivity index (χ1v) is 10.8. The molecule has 32 heavy (non-hydrogen) atoms. The third kappa shape index (κ3) is 5.30. The van der Waals surface area contributed by atoms with Gasteiger partial charge in [-0.05, 0) is 48.4 Å². The number of hydrogen-bond acceptors (Lipinski definition) is 6. The summed E-state index contributed by atoms with van der Waals surface area (Å²) in [6.45, 7) is 2.89. The molecule has 0 spiro atoms. The maximum Gasteiger partial charge on any atom is 0.161 e. The molecule has 166 valence electrons. The van der Waals surface area contributed by atoms with E-state index in [0.29, 0.717) is 29.4 Å². The van der Waals surface area contributed by atoms with Crippen LogP contribution >= 0.6 is 0 Å². The predicted octanol–water partition coefficient (Wildman–Crippen LogP) is 5.85. The van der Waals surface area contributed by atoms with Gasteiger partial charge in [-0.1, -0.05) is 38.3 Å². The second kappa shape index (κ2) is 11.1. The highest BCUT2D eigenvalue weighted by molar-refractivity contribution is 5.80. The highest BCUT2D eigenvalue weighted by Gasteiger charge is 2.15. The van der Waals surface area contributed by atoms with Gasteiger partial charge in [-0.2, -0.15) is 5.26 Å². The Balaban J connectivity index is 1.90. The van der Waals surface area contributed by atoms with Gasteiger partial charge in [0.15, 0.2) is 11.5 Å². The molecule has 0 fully saturated rings. The van der Waals surface area contributed by atoms with Gasteiger partial charge >= 0.3 is 0 Å². The second-order valence-electron chi connectivity index (χ2n) is 7.43. The van der Waals surface area contributed by atoms with Crippen LogP contribution in [0.25, 0.3) is 22.4 Å². The number of anilines is 1. The molecule has 6 heteroatoms. The Morgan fingerprint density at radius 2 is 1.62 bits per heavy atom. The normalized spacial score (nSPS) is 10.4. The lowest BCUT2D eigenvalue weighted by Gasteiger charge is -2.13. The van der Waals surface area contributed by atoms with Crippen LogP contribution in [-0.4, -0.2) is 25.8 Å². The summed E-state index contributed by atoms with van der Waals surface area (Å²) < 4.78 is 16.6. The van der Waals surface area contributed by atoms with Crippen molar-refractivity contribution in [2.75, 3.05) is 26.6 Å². The molecule has 0 saturated heterocycles. The molecule has 0 unspecified atom stereocenters. The largest absolute Gasteiger partial charge is 0.494 e. The van der Waals surface area contributed by atoms with Gasteiger partial charge in [0.2, 0.25) is 0 Å². The number of nitrogens with zero attached hydrogens (tertiary/aromatic N) is 2. The first-order valence-electron chi connectivity index (χ1n) is 10.8. The van der Waals surface area contributed by atoms with Crippen molar-refractivity contribution in [1.29, 1.82) is 5.26 Å². The van der Waals surface area contributed by atoms with Crippen molar-refractivity contribution < 1.29 is 14.2 Å². The van der Waals surface area contributed by atoms with E-state index in [9.17, 15) is 5.26 Å². The van der Waals surface area contributed by atoms with Crippen molar-refractivity contribution in [3.05, 3.63) is 54.1 Å². The molecule has 0 saturated carbocycles. The van der Waals surface area contributed by atoms with Crippen LogP contribution in [0.2, 0.25) is 0 Å². The lowest BCUT2D eigenvalue weighted by molar-refractivity contribution is 0.305. The Morgan fingerprint density at radius 1 is 0.906 bits per heavy atom. The zero-order valence-electron chi connectivity index (χ0n) is 18.9. The van der Waals surface area contributed by atoms with Crippen LogP contribution in [0, 0.1) is 11.3 Å². The summed E-state index contributed by atoms with van der Waals surface area (Å²) in [6.07, 6.45) is 4.65. The molecule has 2 N–H and O–H groups in total. The van der Waals surface area contributed by atoms with Crippen LogP contribution in [0.15, 0.2) is 48.5 Å². The number of benzene rings is 2. The van der Waals surface area contributed by atoms with E-state index in [2.05, 4.69) is 18.0 Å². The molecular weight excluding hydrogens is 402 g/mol. The van der Waals surface area contributed by atoms with E-state index < -0.39 is 0 Å².